The van der Waals surface area contributed by atoms with Gasteiger partial charge in [0.15, 0.2) is 11.5 Å². The third-order valence-electron chi connectivity index (χ3n) is 8.48. The summed E-state index contributed by atoms with van der Waals surface area (Å²) in [5.41, 5.74) is 0.539. The maximum Gasteiger partial charge on any atom is 0.335 e. The van der Waals surface area contributed by atoms with Gasteiger partial charge in [-0.1, -0.05) is 30.3 Å². The Morgan fingerprint density at radius 2 is 1.70 bits per heavy atom. The van der Waals surface area contributed by atoms with Crippen LogP contribution in [0.25, 0.3) is 0 Å². The number of pyridine rings is 1. The summed E-state index contributed by atoms with van der Waals surface area (Å²) in [5, 5.41) is 2.48. The fourth-order valence-electron chi connectivity index (χ4n) is 6.74. The van der Waals surface area contributed by atoms with E-state index in [2.05, 4.69) is 10.2 Å². The van der Waals surface area contributed by atoms with E-state index in [0.29, 0.717) is 36.8 Å². The van der Waals surface area contributed by atoms with Crippen LogP contribution in [-0.4, -0.2) is 53.7 Å². The number of piperidine rings is 1. The van der Waals surface area contributed by atoms with Crippen LogP contribution in [0.4, 0.5) is 10.5 Å². The second-order valence-electron chi connectivity index (χ2n) is 11.1. The molecule has 4 aliphatic rings. The molecule has 10 heteroatoms. The van der Waals surface area contributed by atoms with Crippen LogP contribution in [0, 0.1) is 11.3 Å². The third kappa shape index (κ3) is 3.98. The predicted octanol–water partition coefficient (Wildman–Crippen LogP) is 2.51. The Bertz CT molecular complexity index is 1590. The van der Waals surface area contributed by atoms with Gasteiger partial charge in [0, 0.05) is 43.9 Å². The number of urea groups is 1. The summed E-state index contributed by atoms with van der Waals surface area (Å²) >= 11 is 0. The molecule has 0 radical (unpaired) electrons. The van der Waals surface area contributed by atoms with Crippen LogP contribution in [0.5, 0.6) is 11.5 Å². The van der Waals surface area contributed by atoms with E-state index in [-0.39, 0.29) is 37.2 Å². The number of anilines is 1. The molecule has 40 heavy (non-hydrogen) atoms. The topological polar surface area (TPSA) is 110 Å². The van der Waals surface area contributed by atoms with E-state index in [0.717, 1.165) is 22.6 Å². The highest BCUT2D eigenvalue weighted by Crippen LogP contribution is 2.40. The van der Waals surface area contributed by atoms with Gasteiger partial charge in [-0.15, -0.1) is 0 Å². The first-order valence-electron chi connectivity index (χ1n) is 13.5. The molecular weight excluding hydrogens is 512 g/mol. The van der Waals surface area contributed by atoms with Crippen LogP contribution in [0.2, 0.25) is 0 Å². The number of nitrogens with zero attached hydrogens (tertiary/aromatic N) is 3. The number of imide groups is 2. The molecule has 2 saturated heterocycles. The molecule has 1 aromatic heterocycles. The van der Waals surface area contributed by atoms with Gasteiger partial charge in [0.2, 0.25) is 12.7 Å². The lowest BCUT2D eigenvalue weighted by atomic mass is 9.75. The number of ether oxygens (including phenoxy) is 2. The number of hydrogen-bond acceptors (Lipinski definition) is 7. The molecule has 2 aromatic carbocycles. The number of fused-ring (bicyclic) bond motifs is 5. The Balaban J connectivity index is 1.27. The van der Waals surface area contributed by atoms with Crippen molar-refractivity contribution in [3.05, 3.63) is 88.3 Å². The fourth-order valence-corrected chi connectivity index (χ4v) is 6.74. The van der Waals surface area contributed by atoms with E-state index < -0.39 is 23.3 Å². The number of nitrogens with one attached hydrogen (secondary N) is 1. The quantitative estimate of drug-likeness (QED) is 0.495. The van der Waals surface area contributed by atoms with E-state index in [4.69, 9.17) is 9.47 Å². The Morgan fingerprint density at radius 3 is 2.55 bits per heavy atom. The smallest absolute Gasteiger partial charge is 0.335 e. The number of aromatic nitrogens is 1. The number of hydrogen-bond donors (Lipinski definition) is 1. The van der Waals surface area contributed by atoms with Crippen molar-refractivity contribution < 1.29 is 23.9 Å². The Morgan fingerprint density at radius 1 is 0.875 bits per heavy atom. The van der Waals surface area contributed by atoms with Crippen molar-refractivity contribution in [1.29, 1.82) is 0 Å². The van der Waals surface area contributed by atoms with E-state index in [1.807, 2.05) is 16.7 Å². The highest BCUT2D eigenvalue weighted by molar-refractivity contribution is 6.30. The zero-order valence-electron chi connectivity index (χ0n) is 21.7. The average molecular weight is 541 g/mol. The van der Waals surface area contributed by atoms with Crippen molar-refractivity contribution >= 4 is 23.5 Å². The van der Waals surface area contributed by atoms with Crippen LogP contribution in [0.15, 0.2) is 71.5 Å². The van der Waals surface area contributed by atoms with Crippen molar-refractivity contribution in [1.82, 2.24) is 14.8 Å². The van der Waals surface area contributed by atoms with E-state index in [1.54, 1.807) is 54.6 Å². The molecule has 5 heterocycles. The Hall–Kier alpha value is -4.44. The molecule has 2 fully saturated rings. The van der Waals surface area contributed by atoms with Crippen LogP contribution in [0.1, 0.15) is 23.6 Å². The summed E-state index contributed by atoms with van der Waals surface area (Å²) in [5.74, 6) is 0.315. The first-order valence-corrected chi connectivity index (χ1v) is 13.5. The molecule has 0 aliphatic carbocycles. The minimum Gasteiger partial charge on any atom is -0.454 e. The van der Waals surface area contributed by atoms with Crippen molar-refractivity contribution in [2.45, 2.75) is 25.3 Å². The second-order valence-corrected chi connectivity index (χ2v) is 11.1. The minimum absolute atomic E-state index is 0.00113. The monoisotopic (exact) mass is 540 g/mol. The molecule has 0 spiro atoms. The molecule has 4 aliphatic heterocycles. The zero-order chi connectivity index (χ0) is 27.4. The Labute approximate surface area is 230 Å². The highest BCUT2D eigenvalue weighted by Gasteiger charge is 2.56. The molecule has 3 atom stereocenters. The lowest BCUT2D eigenvalue weighted by Crippen LogP contribution is -2.68. The van der Waals surface area contributed by atoms with Gasteiger partial charge in [-0.25, -0.2) is 9.69 Å². The molecular formula is C30H28N4O6. The summed E-state index contributed by atoms with van der Waals surface area (Å²) in [6.45, 7) is 2.09. The van der Waals surface area contributed by atoms with E-state index in [9.17, 15) is 19.2 Å². The van der Waals surface area contributed by atoms with Crippen LogP contribution >= 0.6 is 0 Å². The number of benzene rings is 2. The number of barbiturate groups is 1. The van der Waals surface area contributed by atoms with Gasteiger partial charge < -0.3 is 18.9 Å². The molecule has 4 amide bonds. The fraction of sp³-hybridized carbons (Fsp3) is 0.333. The molecule has 204 valence electrons. The van der Waals surface area contributed by atoms with Gasteiger partial charge in [0.1, 0.15) is 5.41 Å². The van der Waals surface area contributed by atoms with Crippen LogP contribution in [-0.2, 0) is 22.6 Å². The van der Waals surface area contributed by atoms with Gasteiger partial charge in [0.25, 0.3) is 11.5 Å². The van der Waals surface area contributed by atoms with Crippen molar-refractivity contribution in [2.75, 3.05) is 31.3 Å². The zero-order valence-corrected chi connectivity index (χ0v) is 21.7. The van der Waals surface area contributed by atoms with E-state index >= 15 is 0 Å². The predicted molar refractivity (Wildman–Crippen MR) is 144 cm³/mol. The number of para-hydroxylation sites is 1. The molecule has 0 saturated carbocycles. The molecule has 1 unspecified atom stereocenters. The SMILES string of the molecule is O=C1NC(=O)C(Cc2ccc3c(c2)OCO3)(CN2C[C@H]3C[C@@H](C2)c2cccc(=O)n2C3)C(=O)N1c1ccccc1. The van der Waals surface area contributed by atoms with Crippen molar-refractivity contribution in [2.24, 2.45) is 11.3 Å². The number of amides is 4. The van der Waals surface area contributed by atoms with Gasteiger partial charge >= 0.3 is 6.03 Å². The van der Waals surface area contributed by atoms with Crippen molar-refractivity contribution in [3.63, 3.8) is 0 Å². The maximum absolute atomic E-state index is 14.4. The van der Waals surface area contributed by atoms with Crippen LogP contribution < -0.4 is 25.2 Å². The summed E-state index contributed by atoms with van der Waals surface area (Å²) < 4.78 is 12.9. The van der Waals surface area contributed by atoms with Gasteiger partial charge in [0.05, 0.1) is 5.69 Å². The van der Waals surface area contributed by atoms with Gasteiger partial charge in [-0.2, -0.15) is 0 Å². The Kier molecular flexibility index (Phi) is 5.74. The molecule has 7 rings (SSSR count). The number of carbonyl (C=O) groups excluding carboxylic acids is 3. The second kappa shape index (κ2) is 9.34. The summed E-state index contributed by atoms with van der Waals surface area (Å²) in [6.07, 6.45) is 1.02. The first kappa shape index (κ1) is 24.6. The van der Waals surface area contributed by atoms with Gasteiger partial charge in [-0.05, 0) is 54.7 Å². The normalized spacial score (nSPS) is 25.5. The third-order valence-corrected chi connectivity index (χ3v) is 8.48. The summed E-state index contributed by atoms with van der Waals surface area (Å²) in [6, 6.07) is 18.7. The van der Waals surface area contributed by atoms with Crippen LogP contribution in [0.3, 0.4) is 0 Å². The summed E-state index contributed by atoms with van der Waals surface area (Å²) in [4.78, 5) is 57.0. The summed E-state index contributed by atoms with van der Waals surface area (Å²) in [7, 11) is 0. The number of likely N-dealkylation sites (tertiary alicyclic amines) is 1. The van der Waals surface area contributed by atoms with Crippen molar-refractivity contribution in [3.8, 4) is 11.5 Å². The minimum atomic E-state index is -1.57. The molecule has 10 nitrogen and oxygen atoms in total. The molecule has 1 N–H and O–H groups in total. The highest BCUT2D eigenvalue weighted by atomic mass is 16.7. The molecule has 2 bridgehead atoms. The molecule has 3 aromatic rings. The number of carbonyl (C=O) groups is 3. The number of rotatable bonds is 5. The first-order chi connectivity index (χ1) is 19.4. The lowest BCUT2D eigenvalue weighted by Gasteiger charge is -2.47. The average Bonchev–Trinajstić information content (AvgIpc) is 3.41. The maximum atomic E-state index is 14.4. The lowest BCUT2D eigenvalue weighted by molar-refractivity contribution is -0.144. The van der Waals surface area contributed by atoms with E-state index in [1.165, 1.54) is 0 Å². The largest absolute Gasteiger partial charge is 0.454 e. The standard InChI is InChI=1S/C30H28N4O6/c35-26-8-4-7-23-21-11-20(15-33(23)26)14-32(16-21)17-30(13-19-9-10-24-25(12-19)40-18-39-24)27(36)31-29(38)34(28(30)37)22-5-2-1-3-6-22/h1-10,12,20-21H,11,13-18H2,(H,31,36,38)/t20-,21+,30?/m1/s1. The van der Waals surface area contributed by atoms with Gasteiger partial charge in [-0.3, -0.25) is 19.7 Å².